The fourth-order valence-electron chi connectivity index (χ4n) is 3.32. The number of ketones is 1. The standard InChI is InChI=1S/C21H22FNO4/c1-11-5-7-17(26-4)15(9-11)23-21(25)13(3)27-18-8-6-14(22)19-12(2)10-16(24)20(18)19/h5-9,12-13H,10H2,1-4H3,(H,23,25)/t12-,13+/m0/s1. The third-order valence-corrected chi connectivity index (χ3v) is 4.70. The number of carbonyl (C=O) groups is 2. The Labute approximate surface area is 157 Å². The van der Waals surface area contributed by atoms with Crippen LogP contribution in [0.25, 0.3) is 0 Å². The first-order chi connectivity index (χ1) is 12.8. The molecule has 1 amide bonds. The van der Waals surface area contributed by atoms with Crippen molar-refractivity contribution in [3.8, 4) is 11.5 Å². The number of amides is 1. The van der Waals surface area contributed by atoms with Crippen LogP contribution in [0.1, 0.15) is 47.7 Å². The van der Waals surface area contributed by atoms with Crippen molar-refractivity contribution in [3.05, 3.63) is 52.8 Å². The third kappa shape index (κ3) is 3.65. The summed E-state index contributed by atoms with van der Waals surface area (Å²) < 4.78 is 25.1. The maximum Gasteiger partial charge on any atom is 0.265 e. The van der Waals surface area contributed by atoms with E-state index in [4.69, 9.17) is 9.47 Å². The van der Waals surface area contributed by atoms with Crippen molar-refractivity contribution in [1.82, 2.24) is 0 Å². The van der Waals surface area contributed by atoms with E-state index >= 15 is 0 Å². The van der Waals surface area contributed by atoms with E-state index in [-0.39, 0.29) is 29.4 Å². The van der Waals surface area contributed by atoms with Crippen molar-refractivity contribution in [1.29, 1.82) is 0 Å². The highest BCUT2D eigenvalue weighted by molar-refractivity contribution is 6.04. The molecule has 0 heterocycles. The number of anilines is 1. The second-order valence-corrected chi connectivity index (χ2v) is 6.82. The molecular weight excluding hydrogens is 349 g/mol. The molecule has 0 saturated heterocycles. The number of nitrogens with one attached hydrogen (secondary N) is 1. The van der Waals surface area contributed by atoms with Gasteiger partial charge in [-0.25, -0.2) is 4.39 Å². The zero-order valence-electron chi connectivity index (χ0n) is 15.8. The lowest BCUT2D eigenvalue weighted by Gasteiger charge is -2.18. The molecular formula is C21H22FNO4. The van der Waals surface area contributed by atoms with Crippen LogP contribution in [0.5, 0.6) is 11.5 Å². The molecule has 3 rings (SSSR count). The Hall–Kier alpha value is -2.89. The fourth-order valence-corrected chi connectivity index (χ4v) is 3.32. The molecule has 0 spiro atoms. The molecule has 142 valence electrons. The number of carbonyl (C=O) groups excluding carboxylic acids is 2. The van der Waals surface area contributed by atoms with Crippen molar-refractivity contribution in [2.24, 2.45) is 0 Å². The Morgan fingerprint density at radius 3 is 2.67 bits per heavy atom. The number of fused-ring (bicyclic) bond motifs is 1. The van der Waals surface area contributed by atoms with E-state index in [0.29, 0.717) is 17.0 Å². The summed E-state index contributed by atoms with van der Waals surface area (Å²) in [4.78, 5) is 24.8. The summed E-state index contributed by atoms with van der Waals surface area (Å²) >= 11 is 0. The minimum atomic E-state index is -0.881. The van der Waals surface area contributed by atoms with E-state index in [1.807, 2.05) is 13.0 Å². The van der Waals surface area contributed by atoms with Crippen LogP contribution < -0.4 is 14.8 Å². The van der Waals surface area contributed by atoms with E-state index < -0.39 is 17.8 Å². The lowest BCUT2D eigenvalue weighted by molar-refractivity contribution is -0.122. The molecule has 2 aromatic carbocycles. The number of benzene rings is 2. The zero-order chi connectivity index (χ0) is 19.7. The third-order valence-electron chi connectivity index (χ3n) is 4.70. The Kier molecular flexibility index (Phi) is 5.17. The highest BCUT2D eigenvalue weighted by atomic mass is 19.1. The van der Waals surface area contributed by atoms with Gasteiger partial charge in [-0.3, -0.25) is 9.59 Å². The van der Waals surface area contributed by atoms with E-state index in [0.717, 1.165) is 5.56 Å². The molecule has 1 aliphatic carbocycles. The van der Waals surface area contributed by atoms with Gasteiger partial charge in [0.15, 0.2) is 11.9 Å². The van der Waals surface area contributed by atoms with Crippen molar-refractivity contribution < 1.29 is 23.5 Å². The summed E-state index contributed by atoms with van der Waals surface area (Å²) in [5, 5.41) is 2.77. The van der Waals surface area contributed by atoms with Gasteiger partial charge >= 0.3 is 0 Å². The lowest BCUT2D eigenvalue weighted by Crippen LogP contribution is -2.30. The normalized spacial score (nSPS) is 16.6. The Bertz CT molecular complexity index is 909. The van der Waals surface area contributed by atoms with Gasteiger partial charge in [-0.15, -0.1) is 0 Å². The molecule has 0 aliphatic heterocycles. The Balaban J connectivity index is 1.81. The quantitative estimate of drug-likeness (QED) is 0.854. The number of hydrogen-bond acceptors (Lipinski definition) is 4. The van der Waals surface area contributed by atoms with Crippen LogP contribution in [0.3, 0.4) is 0 Å². The van der Waals surface area contributed by atoms with Crippen LogP contribution in [0.15, 0.2) is 30.3 Å². The predicted octanol–water partition coefficient (Wildman–Crippen LogP) is 4.24. The van der Waals surface area contributed by atoms with Gasteiger partial charge in [0.2, 0.25) is 0 Å². The highest BCUT2D eigenvalue weighted by Gasteiger charge is 2.33. The van der Waals surface area contributed by atoms with Gasteiger partial charge in [-0.05, 0) is 49.6 Å². The van der Waals surface area contributed by atoms with E-state index in [9.17, 15) is 14.0 Å². The second kappa shape index (κ2) is 7.39. The van der Waals surface area contributed by atoms with Gasteiger partial charge < -0.3 is 14.8 Å². The first-order valence-corrected chi connectivity index (χ1v) is 8.79. The minimum absolute atomic E-state index is 0.167. The highest BCUT2D eigenvalue weighted by Crippen LogP contribution is 2.40. The molecule has 1 aliphatic rings. The average molecular weight is 371 g/mol. The molecule has 0 bridgehead atoms. The molecule has 0 radical (unpaired) electrons. The summed E-state index contributed by atoms with van der Waals surface area (Å²) in [6.07, 6.45) is -0.637. The van der Waals surface area contributed by atoms with Crippen LogP contribution >= 0.6 is 0 Å². The monoisotopic (exact) mass is 371 g/mol. The number of hydrogen-bond donors (Lipinski definition) is 1. The largest absolute Gasteiger partial charge is 0.495 e. The molecule has 27 heavy (non-hydrogen) atoms. The predicted molar refractivity (Wildman–Crippen MR) is 100 cm³/mol. The zero-order valence-corrected chi connectivity index (χ0v) is 15.8. The number of ether oxygens (including phenoxy) is 2. The first-order valence-electron chi connectivity index (χ1n) is 8.79. The molecule has 0 fully saturated rings. The number of aryl methyl sites for hydroxylation is 1. The molecule has 1 N–H and O–H groups in total. The number of methoxy groups -OCH3 is 1. The summed E-state index contributed by atoms with van der Waals surface area (Å²) in [6.45, 7) is 5.29. The Morgan fingerprint density at radius 1 is 1.26 bits per heavy atom. The topological polar surface area (TPSA) is 64.6 Å². The van der Waals surface area contributed by atoms with Gasteiger partial charge in [0.1, 0.15) is 17.3 Å². The van der Waals surface area contributed by atoms with Gasteiger partial charge in [0.25, 0.3) is 5.91 Å². The second-order valence-electron chi connectivity index (χ2n) is 6.82. The minimum Gasteiger partial charge on any atom is -0.495 e. The number of halogens is 1. The van der Waals surface area contributed by atoms with E-state index in [2.05, 4.69) is 5.32 Å². The van der Waals surface area contributed by atoms with Gasteiger partial charge in [0, 0.05) is 12.0 Å². The molecule has 5 nitrogen and oxygen atoms in total. The summed E-state index contributed by atoms with van der Waals surface area (Å²) in [7, 11) is 1.52. The van der Waals surface area contributed by atoms with Crippen molar-refractivity contribution in [3.63, 3.8) is 0 Å². The maximum absolute atomic E-state index is 14.1. The summed E-state index contributed by atoms with van der Waals surface area (Å²) in [6, 6.07) is 8.12. The molecule has 0 saturated carbocycles. The van der Waals surface area contributed by atoms with Crippen LogP contribution in [-0.2, 0) is 4.79 Å². The van der Waals surface area contributed by atoms with Crippen LogP contribution in [0, 0.1) is 12.7 Å². The van der Waals surface area contributed by atoms with Crippen molar-refractivity contribution in [2.75, 3.05) is 12.4 Å². The van der Waals surface area contributed by atoms with Crippen molar-refractivity contribution in [2.45, 2.75) is 39.2 Å². The molecule has 2 atom stereocenters. The van der Waals surface area contributed by atoms with Gasteiger partial charge in [0.05, 0.1) is 18.4 Å². The van der Waals surface area contributed by atoms with E-state index in [1.54, 1.807) is 26.0 Å². The Morgan fingerprint density at radius 2 is 1.96 bits per heavy atom. The van der Waals surface area contributed by atoms with Crippen LogP contribution in [-0.4, -0.2) is 24.9 Å². The summed E-state index contributed by atoms with van der Waals surface area (Å²) in [5.41, 5.74) is 2.11. The SMILES string of the molecule is COc1ccc(C)cc1NC(=O)[C@@H](C)Oc1ccc(F)c2c1C(=O)C[C@@H]2C. The number of Topliss-reactive ketones (excluding diaryl/α,β-unsaturated/α-hetero) is 1. The van der Waals surface area contributed by atoms with Crippen molar-refractivity contribution >= 4 is 17.4 Å². The molecule has 0 aromatic heterocycles. The fraction of sp³-hybridized carbons (Fsp3) is 0.333. The van der Waals surface area contributed by atoms with E-state index in [1.165, 1.54) is 19.2 Å². The molecule has 2 aromatic rings. The average Bonchev–Trinajstić information content (AvgIpc) is 2.93. The van der Waals surface area contributed by atoms with Gasteiger partial charge in [-0.2, -0.15) is 0 Å². The van der Waals surface area contributed by atoms with Crippen LogP contribution in [0.2, 0.25) is 0 Å². The van der Waals surface area contributed by atoms with Crippen LogP contribution in [0.4, 0.5) is 10.1 Å². The van der Waals surface area contributed by atoms with Gasteiger partial charge in [-0.1, -0.05) is 13.0 Å². The first kappa shape index (κ1) is 18.9. The smallest absolute Gasteiger partial charge is 0.265 e. The maximum atomic E-state index is 14.1. The number of rotatable bonds is 5. The molecule has 0 unspecified atom stereocenters. The molecule has 6 heteroatoms. The summed E-state index contributed by atoms with van der Waals surface area (Å²) in [5.74, 6) is -0.406. The lowest BCUT2D eigenvalue weighted by atomic mass is 10.0.